The first-order valence-electron chi connectivity index (χ1n) is 7.20. The minimum Gasteiger partial charge on any atom is -0.316 e. The van der Waals surface area contributed by atoms with Crippen LogP contribution in [0.5, 0.6) is 0 Å². The molecule has 2 heteroatoms. The third-order valence-corrected chi connectivity index (χ3v) is 5.14. The molecule has 1 unspecified atom stereocenters. The van der Waals surface area contributed by atoms with Gasteiger partial charge >= 0.3 is 0 Å². The number of piperidine rings is 1. The van der Waals surface area contributed by atoms with Crippen LogP contribution in [0.2, 0.25) is 0 Å². The van der Waals surface area contributed by atoms with Gasteiger partial charge in [0.1, 0.15) is 0 Å². The number of nitrogens with one attached hydrogen (secondary N) is 2. The Morgan fingerprint density at radius 3 is 2.31 bits per heavy atom. The summed E-state index contributed by atoms with van der Waals surface area (Å²) >= 11 is 0. The molecule has 0 spiro atoms. The van der Waals surface area contributed by atoms with Crippen LogP contribution >= 0.6 is 0 Å². The summed E-state index contributed by atoms with van der Waals surface area (Å²) in [6, 6.07) is 0. The molecule has 1 atom stereocenters. The Kier molecular flexibility index (Phi) is 3.91. The van der Waals surface area contributed by atoms with E-state index in [9.17, 15) is 0 Å². The molecule has 0 aromatic heterocycles. The smallest absolute Gasteiger partial charge is 0.0179 e. The maximum absolute atomic E-state index is 3.90. The lowest BCUT2D eigenvalue weighted by atomic mass is 9.72. The normalized spacial score (nSPS) is 33.4. The average Bonchev–Trinajstić information content (AvgIpc) is 2.29. The van der Waals surface area contributed by atoms with Crippen molar-refractivity contribution in [1.82, 2.24) is 10.6 Å². The Morgan fingerprint density at radius 1 is 1.06 bits per heavy atom. The zero-order valence-corrected chi connectivity index (χ0v) is 11.1. The summed E-state index contributed by atoms with van der Waals surface area (Å²) in [5.74, 6) is 0. The van der Waals surface area contributed by atoms with Gasteiger partial charge in [0.05, 0.1) is 0 Å². The lowest BCUT2D eigenvalue weighted by Crippen LogP contribution is -2.56. The fraction of sp³-hybridized carbons (Fsp3) is 1.00. The topological polar surface area (TPSA) is 24.1 Å². The SMILES string of the molecule is CCC1(CNC2(CC)CCC2)CCCNC1. The van der Waals surface area contributed by atoms with Crippen molar-refractivity contribution >= 4 is 0 Å². The molecule has 0 aromatic carbocycles. The van der Waals surface area contributed by atoms with Gasteiger partial charge in [0.2, 0.25) is 0 Å². The second-order valence-electron chi connectivity index (χ2n) is 5.97. The number of hydrogen-bond acceptors (Lipinski definition) is 2. The van der Waals surface area contributed by atoms with E-state index in [1.807, 2.05) is 0 Å². The predicted octanol–water partition coefficient (Wildman–Crippen LogP) is 2.69. The highest BCUT2D eigenvalue weighted by molar-refractivity contribution is 4.97. The van der Waals surface area contributed by atoms with E-state index in [4.69, 9.17) is 0 Å². The van der Waals surface area contributed by atoms with Crippen LogP contribution in [0.4, 0.5) is 0 Å². The van der Waals surface area contributed by atoms with Crippen molar-refractivity contribution in [3.8, 4) is 0 Å². The molecular formula is C14H28N2. The Hall–Kier alpha value is -0.0800. The maximum atomic E-state index is 3.90. The molecule has 0 amide bonds. The molecule has 2 N–H and O–H groups in total. The van der Waals surface area contributed by atoms with Crippen LogP contribution in [-0.2, 0) is 0 Å². The highest BCUT2D eigenvalue weighted by Gasteiger charge is 2.38. The maximum Gasteiger partial charge on any atom is 0.0179 e. The van der Waals surface area contributed by atoms with Gasteiger partial charge in [0.25, 0.3) is 0 Å². The minimum atomic E-state index is 0.514. The van der Waals surface area contributed by atoms with Gasteiger partial charge in [-0.2, -0.15) is 0 Å². The van der Waals surface area contributed by atoms with Crippen LogP contribution in [-0.4, -0.2) is 25.2 Å². The molecule has 2 fully saturated rings. The molecule has 2 nitrogen and oxygen atoms in total. The molecule has 2 rings (SSSR count). The summed E-state index contributed by atoms with van der Waals surface area (Å²) in [7, 11) is 0. The molecule has 1 aliphatic heterocycles. The van der Waals surface area contributed by atoms with Crippen molar-refractivity contribution < 1.29 is 0 Å². The molecule has 94 valence electrons. The monoisotopic (exact) mass is 224 g/mol. The minimum absolute atomic E-state index is 0.514. The summed E-state index contributed by atoms with van der Waals surface area (Å²) in [6.07, 6.45) is 9.61. The molecule has 0 aromatic rings. The van der Waals surface area contributed by atoms with Gasteiger partial charge in [-0.05, 0) is 56.9 Å². The second kappa shape index (κ2) is 5.05. The Bertz CT molecular complexity index is 209. The van der Waals surface area contributed by atoms with Gasteiger partial charge in [-0.25, -0.2) is 0 Å². The van der Waals surface area contributed by atoms with Crippen molar-refractivity contribution in [2.75, 3.05) is 19.6 Å². The van der Waals surface area contributed by atoms with Crippen molar-refractivity contribution in [3.63, 3.8) is 0 Å². The Morgan fingerprint density at radius 2 is 1.88 bits per heavy atom. The molecule has 1 saturated carbocycles. The predicted molar refractivity (Wildman–Crippen MR) is 69.7 cm³/mol. The quantitative estimate of drug-likeness (QED) is 0.750. The number of hydrogen-bond donors (Lipinski definition) is 2. The largest absolute Gasteiger partial charge is 0.316 e. The average molecular weight is 224 g/mol. The number of rotatable bonds is 5. The van der Waals surface area contributed by atoms with E-state index in [-0.39, 0.29) is 0 Å². The van der Waals surface area contributed by atoms with Crippen LogP contribution < -0.4 is 10.6 Å². The van der Waals surface area contributed by atoms with Gasteiger partial charge in [0.15, 0.2) is 0 Å². The lowest BCUT2D eigenvalue weighted by molar-refractivity contribution is 0.120. The first-order valence-corrected chi connectivity index (χ1v) is 7.20. The molecule has 1 saturated heterocycles. The van der Waals surface area contributed by atoms with Gasteiger partial charge in [-0.1, -0.05) is 13.8 Å². The van der Waals surface area contributed by atoms with Gasteiger partial charge in [-0.15, -0.1) is 0 Å². The molecule has 0 bridgehead atoms. The van der Waals surface area contributed by atoms with E-state index in [1.165, 1.54) is 64.6 Å². The van der Waals surface area contributed by atoms with Crippen molar-refractivity contribution in [1.29, 1.82) is 0 Å². The fourth-order valence-corrected chi connectivity index (χ4v) is 3.24. The van der Waals surface area contributed by atoms with Gasteiger partial charge < -0.3 is 10.6 Å². The van der Waals surface area contributed by atoms with Crippen LogP contribution in [0.1, 0.15) is 58.8 Å². The molecule has 16 heavy (non-hydrogen) atoms. The highest BCUT2D eigenvalue weighted by Crippen LogP contribution is 2.37. The Labute approximate surface area is 101 Å². The van der Waals surface area contributed by atoms with E-state index in [0.717, 1.165) is 0 Å². The third kappa shape index (κ3) is 2.43. The Balaban J connectivity index is 1.86. The summed E-state index contributed by atoms with van der Waals surface area (Å²) in [6.45, 7) is 8.36. The van der Waals surface area contributed by atoms with E-state index in [1.54, 1.807) is 0 Å². The van der Waals surface area contributed by atoms with Crippen LogP contribution in [0.3, 0.4) is 0 Å². The summed E-state index contributed by atoms with van der Waals surface area (Å²) in [4.78, 5) is 0. The van der Waals surface area contributed by atoms with E-state index < -0.39 is 0 Å². The lowest BCUT2D eigenvalue weighted by Gasteiger charge is -2.46. The molecule has 1 heterocycles. The van der Waals surface area contributed by atoms with Crippen molar-refractivity contribution in [2.24, 2.45) is 5.41 Å². The van der Waals surface area contributed by atoms with Crippen LogP contribution in [0, 0.1) is 5.41 Å². The highest BCUT2D eigenvalue weighted by atomic mass is 15.0. The standard InChI is InChI=1S/C14H28N2/c1-3-13(7-6-10-15-11-13)12-16-14(4-2)8-5-9-14/h15-16H,3-12H2,1-2H3. The van der Waals surface area contributed by atoms with Crippen molar-refractivity contribution in [3.05, 3.63) is 0 Å². The summed E-state index contributed by atoms with van der Waals surface area (Å²) in [5, 5.41) is 7.48. The zero-order chi connectivity index (χ0) is 11.5. The van der Waals surface area contributed by atoms with Crippen LogP contribution in [0.15, 0.2) is 0 Å². The van der Waals surface area contributed by atoms with E-state index in [2.05, 4.69) is 24.5 Å². The molecule has 0 radical (unpaired) electrons. The third-order valence-electron chi connectivity index (χ3n) is 5.14. The van der Waals surface area contributed by atoms with Gasteiger partial charge in [-0.3, -0.25) is 0 Å². The fourth-order valence-electron chi connectivity index (χ4n) is 3.24. The van der Waals surface area contributed by atoms with Crippen molar-refractivity contribution in [2.45, 2.75) is 64.3 Å². The summed E-state index contributed by atoms with van der Waals surface area (Å²) in [5.41, 5.74) is 1.05. The van der Waals surface area contributed by atoms with Crippen LogP contribution in [0.25, 0.3) is 0 Å². The van der Waals surface area contributed by atoms with E-state index in [0.29, 0.717) is 11.0 Å². The first kappa shape index (κ1) is 12.4. The van der Waals surface area contributed by atoms with E-state index >= 15 is 0 Å². The molecular weight excluding hydrogens is 196 g/mol. The zero-order valence-electron chi connectivity index (χ0n) is 11.1. The molecule has 2 aliphatic rings. The summed E-state index contributed by atoms with van der Waals surface area (Å²) < 4.78 is 0. The van der Waals surface area contributed by atoms with Gasteiger partial charge in [0, 0.05) is 18.6 Å². The second-order valence-corrected chi connectivity index (χ2v) is 5.97. The first-order chi connectivity index (χ1) is 7.74. The molecule has 1 aliphatic carbocycles.